The maximum atomic E-state index is 3.71. The van der Waals surface area contributed by atoms with Crippen molar-refractivity contribution in [3.05, 3.63) is 0 Å². The van der Waals surface area contributed by atoms with Crippen LogP contribution in [-0.2, 0) is 27.7 Å². The summed E-state index contributed by atoms with van der Waals surface area (Å²) in [6.45, 7) is 0. The Hall–Kier alpha value is 1.43. The maximum absolute atomic E-state index is 3.71. The second kappa shape index (κ2) is 25.5. The fourth-order valence-electron chi connectivity index (χ4n) is 0. The molecule has 0 fully saturated rings. The molecule has 0 bridgehead atoms. The van der Waals surface area contributed by atoms with E-state index in [0.717, 1.165) is 0 Å². The predicted octanol–water partition coefficient (Wildman–Crippen LogP) is 1.29. The van der Waals surface area contributed by atoms with Crippen molar-refractivity contribution in [3.8, 4) is 0 Å². The Morgan fingerprint density at radius 3 is 0.750 bits per heavy atom. The van der Waals surface area contributed by atoms with Gasteiger partial charge in [0.1, 0.15) is 0 Å². The first-order valence-corrected chi connectivity index (χ1v) is 3.19. The van der Waals surface area contributed by atoms with Crippen LogP contribution in [0.15, 0.2) is 0 Å². The van der Waals surface area contributed by atoms with Crippen LogP contribution in [0.5, 0.6) is 0 Å². The van der Waals surface area contributed by atoms with E-state index < -0.39 is 0 Å². The van der Waals surface area contributed by atoms with Crippen LogP contribution in [-0.4, -0.2) is 0 Å². The van der Waals surface area contributed by atoms with E-state index in [1.54, 1.807) is 0 Å². The minimum absolute atomic E-state index is 3.46. The molecule has 0 saturated carbocycles. The molecule has 0 aliphatic rings. The standard InChI is InChI=1S/2Ni.2S. The number of hydrogen-bond acceptors (Lipinski definition) is 2. The molecule has 0 amide bonds. The van der Waals surface area contributed by atoms with Gasteiger partial charge in [0.25, 0.3) is 0 Å². The molecule has 32 valence electrons. The van der Waals surface area contributed by atoms with Crippen molar-refractivity contribution in [1.82, 2.24) is 0 Å². The number of hydrogen-bond donors (Lipinski definition) is 0. The summed E-state index contributed by atoms with van der Waals surface area (Å²) in [5.74, 6) is 0. The molecule has 0 spiro atoms. The molecule has 0 atom stereocenters. The Balaban J connectivity index is 0. The van der Waals surface area contributed by atoms with Gasteiger partial charge >= 0.3 is 49.0 Å². The summed E-state index contributed by atoms with van der Waals surface area (Å²) in [7, 11) is 7.42. The minimum atomic E-state index is 3.46. The van der Waals surface area contributed by atoms with Gasteiger partial charge in [0.05, 0.1) is 0 Å². The number of rotatable bonds is 0. The van der Waals surface area contributed by atoms with Crippen molar-refractivity contribution in [2.75, 3.05) is 0 Å². The van der Waals surface area contributed by atoms with E-state index in [-0.39, 0.29) is 0 Å². The van der Waals surface area contributed by atoms with Gasteiger partial charge in [-0.05, 0) is 0 Å². The van der Waals surface area contributed by atoms with E-state index in [2.05, 4.69) is 49.0 Å². The predicted molar refractivity (Wildman–Crippen MR) is 15.2 cm³/mol. The molecular formula is Ni2S2. The summed E-state index contributed by atoms with van der Waals surface area (Å²) in [5.41, 5.74) is 0. The zero-order valence-corrected chi connectivity index (χ0v) is 5.06. The van der Waals surface area contributed by atoms with E-state index in [0.29, 0.717) is 0 Å². The van der Waals surface area contributed by atoms with E-state index in [1.165, 1.54) is 0 Å². The van der Waals surface area contributed by atoms with Gasteiger partial charge < -0.3 is 0 Å². The Morgan fingerprint density at radius 1 is 0.750 bits per heavy atom. The molecular weight excluding hydrogens is 182 g/mol. The zero-order chi connectivity index (χ0) is 4.00. The van der Waals surface area contributed by atoms with Crippen LogP contribution in [0.25, 0.3) is 0 Å². The topological polar surface area (TPSA) is 0 Å². The molecule has 0 heterocycles. The van der Waals surface area contributed by atoms with E-state index >= 15 is 0 Å². The molecule has 0 radical (unpaired) electrons. The van der Waals surface area contributed by atoms with Crippen molar-refractivity contribution in [2.24, 2.45) is 0 Å². The molecule has 0 aliphatic carbocycles. The summed E-state index contributed by atoms with van der Waals surface area (Å²) in [5, 5.41) is 0. The second-order valence-electron chi connectivity index (χ2n) is 0. The monoisotopic (exact) mass is 180 g/mol. The fourth-order valence-corrected chi connectivity index (χ4v) is 0. The van der Waals surface area contributed by atoms with E-state index in [9.17, 15) is 0 Å². The van der Waals surface area contributed by atoms with Crippen molar-refractivity contribution < 1.29 is 27.7 Å². The van der Waals surface area contributed by atoms with Gasteiger partial charge in [-0.2, -0.15) is 0 Å². The van der Waals surface area contributed by atoms with Crippen LogP contribution < -0.4 is 0 Å². The third kappa shape index (κ3) is 9.91. The molecule has 0 aliphatic heterocycles. The average Bonchev–Trinajstić information content (AvgIpc) is 1.50. The van der Waals surface area contributed by atoms with Gasteiger partial charge in [-0.1, -0.05) is 0 Å². The Kier molecular flexibility index (Phi) is 57.8. The van der Waals surface area contributed by atoms with Crippen LogP contribution in [0.2, 0.25) is 0 Å². The van der Waals surface area contributed by atoms with E-state index in [4.69, 9.17) is 0 Å². The summed E-state index contributed by atoms with van der Waals surface area (Å²) >= 11 is 6.92. The third-order valence-electron chi connectivity index (χ3n) is 0. The van der Waals surface area contributed by atoms with Gasteiger partial charge in [-0.15, -0.1) is 0 Å². The summed E-state index contributed by atoms with van der Waals surface area (Å²) < 4.78 is 0. The van der Waals surface area contributed by atoms with Crippen molar-refractivity contribution >= 4 is 21.3 Å². The molecule has 4 heavy (non-hydrogen) atoms. The normalized spacial score (nSPS) is 3.00. The van der Waals surface area contributed by atoms with Crippen LogP contribution in [0.4, 0.5) is 0 Å². The molecule has 0 aromatic rings. The SMILES string of the molecule is [S]=[Ni].[S]=[Ni]. The quantitative estimate of drug-likeness (QED) is 0.517. The Bertz CT molecular complexity index is 6.00. The van der Waals surface area contributed by atoms with Crippen LogP contribution in [0, 0.1) is 0 Å². The molecule has 4 heteroatoms. The summed E-state index contributed by atoms with van der Waals surface area (Å²) in [4.78, 5) is 0. The first kappa shape index (κ1) is 9.06. The zero-order valence-electron chi connectivity index (χ0n) is 1.45. The average molecular weight is 182 g/mol. The molecule has 0 rings (SSSR count). The first-order chi connectivity index (χ1) is 2.00. The van der Waals surface area contributed by atoms with Gasteiger partial charge in [-0.25, -0.2) is 0 Å². The summed E-state index contributed by atoms with van der Waals surface area (Å²) in [6.07, 6.45) is 0. The van der Waals surface area contributed by atoms with Crippen LogP contribution in [0.3, 0.4) is 0 Å². The van der Waals surface area contributed by atoms with Crippen molar-refractivity contribution in [1.29, 1.82) is 0 Å². The third-order valence-corrected chi connectivity index (χ3v) is 0. The molecule has 0 aromatic heterocycles. The van der Waals surface area contributed by atoms with Crippen LogP contribution in [0.1, 0.15) is 0 Å². The molecule has 0 aromatic carbocycles. The second-order valence-corrected chi connectivity index (χ2v) is 0. The molecule has 0 nitrogen and oxygen atoms in total. The van der Waals surface area contributed by atoms with Crippen molar-refractivity contribution in [3.63, 3.8) is 0 Å². The van der Waals surface area contributed by atoms with Crippen LogP contribution >= 0.6 is 21.3 Å². The fraction of sp³-hybridized carbons (Fsp3) is 0. The van der Waals surface area contributed by atoms with Gasteiger partial charge in [0.2, 0.25) is 0 Å². The van der Waals surface area contributed by atoms with Gasteiger partial charge in [-0.3, -0.25) is 0 Å². The van der Waals surface area contributed by atoms with Gasteiger partial charge in [0.15, 0.2) is 0 Å². The molecule has 0 unspecified atom stereocenters. The Labute approximate surface area is 48.9 Å². The molecule has 0 N–H and O–H groups in total. The summed E-state index contributed by atoms with van der Waals surface area (Å²) in [6, 6.07) is 0. The first-order valence-electron chi connectivity index (χ1n) is 0.258. The van der Waals surface area contributed by atoms with E-state index in [1.807, 2.05) is 0 Å². The van der Waals surface area contributed by atoms with Crippen molar-refractivity contribution in [2.45, 2.75) is 0 Å². The Morgan fingerprint density at radius 2 is 0.750 bits per heavy atom. The molecule has 0 saturated heterocycles. The van der Waals surface area contributed by atoms with Gasteiger partial charge in [0, 0.05) is 0 Å².